The van der Waals surface area contributed by atoms with E-state index in [1.807, 2.05) is 0 Å². The van der Waals surface area contributed by atoms with E-state index >= 15 is 0 Å². The molecule has 0 spiro atoms. The maximum absolute atomic E-state index is 2.59. The van der Waals surface area contributed by atoms with E-state index < -0.39 is 0 Å². The van der Waals surface area contributed by atoms with Crippen molar-refractivity contribution >= 4 is 5.71 Å². The lowest BCUT2D eigenvalue weighted by molar-refractivity contribution is -0.530. The second kappa shape index (κ2) is 2.94. The first-order valence-electron chi connectivity index (χ1n) is 5.89. The van der Waals surface area contributed by atoms with Gasteiger partial charge in [0.15, 0.2) is 12.3 Å². The molecule has 0 radical (unpaired) electrons. The summed E-state index contributed by atoms with van der Waals surface area (Å²) in [4.78, 5) is 0. The highest BCUT2D eigenvalue weighted by atomic mass is 15.0. The molecule has 1 aromatic carbocycles. The van der Waals surface area contributed by atoms with E-state index in [0.717, 1.165) is 0 Å². The number of fused-ring (bicyclic) bond motifs is 2. The fourth-order valence-electron chi connectivity index (χ4n) is 3.10. The number of nitrogens with zero attached hydrogens (tertiary/aromatic N) is 1. The van der Waals surface area contributed by atoms with Gasteiger partial charge in [-0.1, -0.05) is 18.2 Å². The fourth-order valence-corrected chi connectivity index (χ4v) is 3.10. The molecule has 1 aromatic rings. The number of hydrogen-bond donors (Lipinski definition) is 0. The van der Waals surface area contributed by atoms with E-state index in [2.05, 4.69) is 42.7 Å². The second-order valence-electron chi connectivity index (χ2n) is 5.40. The van der Waals surface area contributed by atoms with Crippen molar-refractivity contribution in [1.82, 2.24) is 0 Å². The van der Waals surface area contributed by atoms with Crippen LogP contribution in [-0.4, -0.2) is 23.4 Å². The summed E-state index contributed by atoms with van der Waals surface area (Å²) < 4.78 is 2.59. The normalized spacial score (nSPS) is 22.5. The first-order valence-corrected chi connectivity index (χ1v) is 5.89. The molecule has 0 atom stereocenters. The number of benzene rings is 1. The Balaban J connectivity index is 2.24. The molecule has 0 saturated carbocycles. The van der Waals surface area contributed by atoms with Gasteiger partial charge in [-0.3, -0.25) is 0 Å². The Bertz CT molecular complexity index is 440. The van der Waals surface area contributed by atoms with Crippen molar-refractivity contribution in [3.63, 3.8) is 0 Å². The van der Waals surface area contributed by atoms with Gasteiger partial charge in [0.2, 0.25) is 0 Å². The zero-order valence-corrected chi connectivity index (χ0v) is 9.59. The highest BCUT2D eigenvalue weighted by Gasteiger charge is 2.39. The Labute approximate surface area is 91.4 Å². The van der Waals surface area contributed by atoms with Crippen molar-refractivity contribution in [1.29, 1.82) is 0 Å². The third-order valence-corrected chi connectivity index (χ3v) is 3.78. The minimum atomic E-state index is 0.310. The lowest BCUT2D eigenvalue weighted by Crippen LogP contribution is -2.38. The largest absolute Gasteiger partial charge is 0.232 e. The highest BCUT2D eigenvalue weighted by molar-refractivity contribution is 5.99. The second-order valence-corrected chi connectivity index (χ2v) is 5.40. The zero-order valence-electron chi connectivity index (χ0n) is 9.59. The van der Waals surface area contributed by atoms with Crippen LogP contribution >= 0.6 is 0 Å². The molecule has 1 nitrogen and oxygen atoms in total. The van der Waals surface area contributed by atoms with Gasteiger partial charge in [0, 0.05) is 23.8 Å². The van der Waals surface area contributed by atoms with Crippen molar-refractivity contribution < 1.29 is 4.58 Å². The summed E-state index contributed by atoms with van der Waals surface area (Å²) in [5, 5.41) is 0. The predicted molar refractivity (Wildman–Crippen MR) is 62.8 cm³/mol. The zero-order chi connectivity index (χ0) is 10.5. The van der Waals surface area contributed by atoms with Crippen LogP contribution in [0.25, 0.3) is 0 Å². The standard InChI is InChI=1S/C14H18N/c1-14(2)10-15-9-5-8-13(15)11-6-3-4-7-12(11)14/h3-4,6-7H,5,8-10H2,1-2H3/q+1. The topological polar surface area (TPSA) is 3.01 Å². The number of rotatable bonds is 0. The first kappa shape index (κ1) is 9.14. The van der Waals surface area contributed by atoms with Crippen LogP contribution in [0.2, 0.25) is 0 Å². The molecule has 0 saturated heterocycles. The Morgan fingerprint density at radius 2 is 2.00 bits per heavy atom. The van der Waals surface area contributed by atoms with Crippen molar-refractivity contribution in [2.24, 2.45) is 0 Å². The van der Waals surface area contributed by atoms with Gasteiger partial charge in [0.1, 0.15) is 6.54 Å². The minimum Gasteiger partial charge on any atom is -0.232 e. The summed E-state index contributed by atoms with van der Waals surface area (Å²) in [6.45, 7) is 7.17. The lowest BCUT2D eigenvalue weighted by Gasteiger charge is -2.29. The minimum absolute atomic E-state index is 0.310. The van der Waals surface area contributed by atoms with Crippen LogP contribution in [0.5, 0.6) is 0 Å². The van der Waals surface area contributed by atoms with E-state index in [1.165, 1.54) is 37.1 Å². The van der Waals surface area contributed by atoms with Gasteiger partial charge in [-0.15, -0.1) is 0 Å². The van der Waals surface area contributed by atoms with Crippen LogP contribution < -0.4 is 0 Å². The molecule has 0 fully saturated rings. The van der Waals surface area contributed by atoms with Gasteiger partial charge < -0.3 is 0 Å². The third kappa shape index (κ3) is 1.26. The predicted octanol–water partition coefficient (Wildman–Crippen LogP) is 2.57. The summed E-state index contributed by atoms with van der Waals surface area (Å²) in [5.74, 6) is 0. The molecule has 78 valence electrons. The molecule has 15 heavy (non-hydrogen) atoms. The first-order chi connectivity index (χ1) is 7.18. The molecule has 2 aliphatic heterocycles. The van der Waals surface area contributed by atoms with E-state index in [1.54, 1.807) is 5.71 Å². The van der Waals surface area contributed by atoms with Gasteiger partial charge in [-0.2, -0.15) is 0 Å². The van der Waals surface area contributed by atoms with E-state index in [-0.39, 0.29) is 0 Å². The summed E-state index contributed by atoms with van der Waals surface area (Å²) in [7, 11) is 0. The fraction of sp³-hybridized carbons (Fsp3) is 0.500. The van der Waals surface area contributed by atoms with Crippen LogP contribution in [0.4, 0.5) is 0 Å². The molecule has 2 aliphatic rings. The van der Waals surface area contributed by atoms with Gasteiger partial charge in [-0.05, 0) is 25.5 Å². The molecular weight excluding hydrogens is 182 g/mol. The molecule has 0 amide bonds. The highest BCUT2D eigenvalue weighted by Crippen LogP contribution is 2.33. The summed E-state index contributed by atoms with van der Waals surface area (Å²) in [6.07, 6.45) is 2.60. The SMILES string of the molecule is CC1(C)C[N+]2=C(CCC2)c2ccccc21. The molecule has 1 heteroatoms. The summed E-state index contributed by atoms with van der Waals surface area (Å²) in [6, 6.07) is 8.94. The van der Waals surface area contributed by atoms with Crippen LogP contribution in [-0.2, 0) is 5.41 Å². The smallest absolute Gasteiger partial charge is 0.183 e. The molecule has 0 N–H and O–H groups in total. The average molecular weight is 200 g/mol. The molecule has 2 heterocycles. The monoisotopic (exact) mass is 200 g/mol. The molecule has 0 aromatic heterocycles. The number of hydrogen-bond acceptors (Lipinski definition) is 0. The van der Waals surface area contributed by atoms with Crippen molar-refractivity contribution in [3.8, 4) is 0 Å². The Morgan fingerprint density at radius 1 is 1.20 bits per heavy atom. The molecule has 0 aliphatic carbocycles. The van der Waals surface area contributed by atoms with E-state index in [0.29, 0.717) is 5.41 Å². The maximum atomic E-state index is 2.59. The summed E-state index contributed by atoms with van der Waals surface area (Å²) >= 11 is 0. The van der Waals surface area contributed by atoms with E-state index in [4.69, 9.17) is 0 Å². The van der Waals surface area contributed by atoms with E-state index in [9.17, 15) is 0 Å². The maximum Gasteiger partial charge on any atom is 0.183 e. The van der Waals surface area contributed by atoms with Crippen LogP contribution in [0.3, 0.4) is 0 Å². The lowest BCUT2D eigenvalue weighted by atomic mass is 9.78. The molecule has 0 unspecified atom stereocenters. The Hall–Kier alpha value is -1.11. The molecule has 0 bridgehead atoms. The van der Waals surface area contributed by atoms with Crippen molar-refractivity contribution in [2.75, 3.05) is 13.1 Å². The molecule has 3 rings (SSSR count). The van der Waals surface area contributed by atoms with Crippen molar-refractivity contribution in [3.05, 3.63) is 35.4 Å². The Morgan fingerprint density at radius 3 is 2.87 bits per heavy atom. The van der Waals surface area contributed by atoms with Crippen molar-refractivity contribution in [2.45, 2.75) is 32.1 Å². The van der Waals surface area contributed by atoms with Gasteiger partial charge in [-0.25, -0.2) is 4.58 Å². The summed E-state index contributed by atoms with van der Waals surface area (Å²) in [5.41, 5.74) is 4.94. The van der Waals surface area contributed by atoms with Gasteiger partial charge >= 0.3 is 0 Å². The average Bonchev–Trinajstić information content (AvgIpc) is 2.65. The Kier molecular flexibility index (Phi) is 1.79. The van der Waals surface area contributed by atoms with Crippen LogP contribution in [0.15, 0.2) is 24.3 Å². The quantitative estimate of drug-likeness (QED) is 0.566. The third-order valence-electron chi connectivity index (χ3n) is 3.78. The van der Waals surface area contributed by atoms with Crippen LogP contribution in [0, 0.1) is 0 Å². The van der Waals surface area contributed by atoms with Gasteiger partial charge in [0.05, 0.1) is 0 Å². The molecular formula is C14H18N+. The van der Waals surface area contributed by atoms with Gasteiger partial charge in [0.25, 0.3) is 0 Å². The van der Waals surface area contributed by atoms with Crippen LogP contribution in [0.1, 0.15) is 37.8 Å².